The molecular weight excluding hydrogens is 504 g/mol. The zero-order valence-corrected chi connectivity index (χ0v) is 23.3. The predicted octanol–water partition coefficient (Wildman–Crippen LogP) is 3.63. The molecule has 10 heteroatoms. The van der Waals surface area contributed by atoms with E-state index in [0.717, 1.165) is 43.5 Å². The van der Waals surface area contributed by atoms with Crippen molar-refractivity contribution < 1.29 is 9.21 Å². The summed E-state index contributed by atoms with van der Waals surface area (Å²) < 4.78 is 5.25. The molecule has 1 aliphatic carbocycles. The molecule has 3 aromatic rings. The lowest BCUT2D eigenvalue weighted by atomic mass is 9.95. The van der Waals surface area contributed by atoms with Crippen molar-refractivity contribution in [2.45, 2.75) is 57.7 Å². The second-order valence-corrected chi connectivity index (χ2v) is 10.7. The van der Waals surface area contributed by atoms with Crippen LogP contribution in [0.3, 0.4) is 0 Å². The number of hydrogen-bond donors (Lipinski definition) is 4. The molecule has 5 N–H and O–H groups in total. The van der Waals surface area contributed by atoms with Gasteiger partial charge in [-0.2, -0.15) is 9.97 Å². The molecule has 5 rings (SSSR count). The van der Waals surface area contributed by atoms with Gasteiger partial charge in [0.1, 0.15) is 11.6 Å². The van der Waals surface area contributed by atoms with Crippen molar-refractivity contribution in [2.75, 3.05) is 55.2 Å². The number of carbonyl (C=O) groups is 1. The number of rotatable bonds is 12. The third-order valence-electron chi connectivity index (χ3n) is 7.73. The zero-order valence-electron chi connectivity index (χ0n) is 23.3. The zero-order chi connectivity index (χ0) is 27.6. The van der Waals surface area contributed by atoms with Crippen LogP contribution in [0, 0.1) is 0 Å². The van der Waals surface area contributed by atoms with E-state index in [0.29, 0.717) is 50.3 Å². The molecule has 1 saturated carbocycles. The Balaban J connectivity index is 1.03. The van der Waals surface area contributed by atoms with Crippen LogP contribution in [0.15, 0.2) is 53.1 Å². The van der Waals surface area contributed by atoms with E-state index in [9.17, 15) is 4.79 Å². The molecule has 0 unspecified atom stereocenters. The number of furan rings is 1. The number of anilines is 3. The maximum Gasteiger partial charge on any atom is 0.289 e. The van der Waals surface area contributed by atoms with Gasteiger partial charge in [-0.05, 0) is 55.6 Å². The smallest absolute Gasteiger partial charge is 0.289 e. The Labute approximate surface area is 236 Å². The highest BCUT2D eigenvalue weighted by Gasteiger charge is 2.24. The molecule has 214 valence electrons. The van der Waals surface area contributed by atoms with Crippen LogP contribution < -0.4 is 26.6 Å². The lowest BCUT2D eigenvalue weighted by Gasteiger charge is -2.35. The van der Waals surface area contributed by atoms with Gasteiger partial charge < -0.3 is 35.9 Å². The van der Waals surface area contributed by atoms with Gasteiger partial charge in [0.25, 0.3) is 5.91 Å². The van der Waals surface area contributed by atoms with Crippen molar-refractivity contribution in [1.82, 2.24) is 25.5 Å². The SMILES string of the molecule is Nc1cc(N2CCN(C(=O)c3ccco3)CC2)nc(NCc2ccc(CNCCCNC3CCCCC3)cc2)n1. The first kappa shape index (κ1) is 27.9. The van der Waals surface area contributed by atoms with Gasteiger partial charge in [-0.15, -0.1) is 0 Å². The van der Waals surface area contributed by atoms with Gasteiger partial charge >= 0.3 is 0 Å². The van der Waals surface area contributed by atoms with E-state index in [1.807, 2.05) is 0 Å². The van der Waals surface area contributed by atoms with Gasteiger partial charge in [-0.25, -0.2) is 0 Å². The maximum absolute atomic E-state index is 12.5. The van der Waals surface area contributed by atoms with E-state index in [1.165, 1.54) is 43.9 Å². The molecule has 2 aromatic heterocycles. The van der Waals surface area contributed by atoms with Crippen molar-refractivity contribution in [3.05, 3.63) is 65.6 Å². The summed E-state index contributed by atoms with van der Waals surface area (Å²) in [5.74, 6) is 1.95. The molecule has 40 heavy (non-hydrogen) atoms. The molecule has 1 aromatic carbocycles. The summed E-state index contributed by atoms with van der Waals surface area (Å²) in [4.78, 5) is 25.5. The third-order valence-corrected chi connectivity index (χ3v) is 7.73. The molecule has 0 spiro atoms. The van der Waals surface area contributed by atoms with Crippen molar-refractivity contribution in [3.63, 3.8) is 0 Å². The van der Waals surface area contributed by atoms with Gasteiger partial charge in [0.05, 0.1) is 6.26 Å². The van der Waals surface area contributed by atoms with Crippen LogP contribution >= 0.6 is 0 Å². The van der Waals surface area contributed by atoms with Crippen LogP contribution in [0.25, 0.3) is 0 Å². The number of nitrogens with two attached hydrogens (primary N) is 1. The largest absolute Gasteiger partial charge is 0.459 e. The summed E-state index contributed by atoms with van der Waals surface area (Å²) in [5.41, 5.74) is 8.53. The maximum atomic E-state index is 12.5. The van der Waals surface area contributed by atoms with Crippen LogP contribution in [0.5, 0.6) is 0 Å². The van der Waals surface area contributed by atoms with Crippen molar-refractivity contribution in [2.24, 2.45) is 0 Å². The fourth-order valence-corrected chi connectivity index (χ4v) is 5.40. The minimum absolute atomic E-state index is 0.0850. The molecule has 2 fully saturated rings. The third kappa shape index (κ3) is 7.95. The quantitative estimate of drug-likeness (QED) is 0.252. The predicted molar refractivity (Wildman–Crippen MR) is 158 cm³/mol. The van der Waals surface area contributed by atoms with Crippen LogP contribution in [0.4, 0.5) is 17.6 Å². The minimum Gasteiger partial charge on any atom is -0.459 e. The molecule has 0 atom stereocenters. The summed E-state index contributed by atoms with van der Waals surface area (Å²) in [7, 11) is 0. The normalized spacial score (nSPS) is 16.3. The number of carbonyl (C=O) groups excluding carboxylic acids is 1. The number of aromatic nitrogens is 2. The van der Waals surface area contributed by atoms with Gasteiger partial charge in [0.15, 0.2) is 5.76 Å². The summed E-state index contributed by atoms with van der Waals surface area (Å²) in [5, 5.41) is 10.6. The standard InChI is InChI=1S/C30H42N8O2/c31-27-20-28(37-15-17-38(18-16-37)29(39)26-8-4-19-40-26)36-30(35-27)34-22-24-11-9-23(10-12-24)21-32-13-5-14-33-25-6-2-1-3-7-25/h4,8-12,19-20,25,32-33H,1-3,5-7,13-18,21-22H2,(H3,31,34,35,36). The molecule has 0 radical (unpaired) electrons. The molecule has 1 amide bonds. The van der Waals surface area contributed by atoms with E-state index in [4.69, 9.17) is 15.1 Å². The minimum atomic E-state index is -0.0850. The number of amides is 1. The van der Waals surface area contributed by atoms with Crippen LogP contribution in [0.2, 0.25) is 0 Å². The van der Waals surface area contributed by atoms with E-state index in [2.05, 4.69) is 50.1 Å². The second kappa shape index (κ2) is 14.1. The van der Waals surface area contributed by atoms with E-state index < -0.39 is 0 Å². The van der Waals surface area contributed by atoms with Crippen molar-refractivity contribution in [3.8, 4) is 0 Å². The number of nitrogens with zero attached hydrogens (tertiary/aromatic N) is 4. The summed E-state index contributed by atoms with van der Waals surface area (Å²) in [6.45, 7) is 6.10. The molecule has 10 nitrogen and oxygen atoms in total. The summed E-state index contributed by atoms with van der Waals surface area (Å²) in [6.07, 6.45) is 9.52. The fourth-order valence-electron chi connectivity index (χ4n) is 5.40. The first-order valence-corrected chi connectivity index (χ1v) is 14.6. The first-order chi connectivity index (χ1) is 19.6. The van der Waals surface area contributed by atoms with E-state index >= 15 is 0 Å². The topological polar surface area (TPSA) is 125 Å². The Bertz CT molecular complexity index is 1190. The van der Waals surface area contributed by atoms with E-state index in [-0.39, 0.29) is 5.91 Å². The fraction of sp³-hybridized carbons (Fsp3) is 0.500. The van der Waals surface area contributed by atoms with Crippen molar-refractivity contribution in [1.29, 1.82) is 0 Å². The average Bonchev–Trinajstić information content (AvgIpc) is 3.54. The first-order valence-electron chi connectivity index (χ1n) is 14.6. The highest BCUT2D eigenvalue weighted by atomic mass is 16.3. The summed E-state index contributed by atoms with van der Waals surface area (Å²) in [6, 6.07) is 14.5. The highest BCUT2D eigenvalue weighted by molar-refractivity contribution is 5.91. The Morgan fingerprint density at radius 3 is 2.42 bits per heavy atom. The van der Waals surface area contributed by atoms with Gasteiger partial charge in [-0.1, -0.05) is 43.5 Å². The van der Waals surface area contributed by atoms with Crippen LogP contribution in [-0.2, 0) is 13.1 Å². The second-order valence-electron chi connectivity index (χ2n) is 10.7. The lowest BCUT2D eigenvalue weighted by molar-refractivity contribution is 0.0714. The number of benzene rings is 1. The molecule has 1 aliphatic heterocycles. The van der Waals surface area contributed by atoms with E-state index in [1.54, 1.807) is 23.1 Å². The lowest BCUT2D eigenvalue weighted by Crippen LogP contribution is -2.49. The number of piperazine rings is 1. The number of hydrogen-bond acceptors (Lipinski definition) is 9. The van der Waals surface area contributed by atoms with Crippen molar-refractivity contribution >= 4 is 23.5 Å². The number of nitrogens with one attached hydrogen (secondary N) is 3. The van der Waals surface area contributed by atoms with Gasteiger partial charge in [-0.3, -0.25) is 4.79 Å². The molecule has 2 aliphatic rings. The molecule has 0 bridgehead atoms. The Morgan fingerprint density at radius 2 is 1.70 bits per heavy atom. The molecule has 1 saturated heterocycles. The Kier molecular flexibility index (Phi) is 9.87. The monoisotopic (exact) mass is 546 g/mol. The number of nitrogen functional groups attached to an aromatic ring is 1. The average molecular weight is 547 g/mol. The summed E-state index contributed by atoms with van der Waals surface area (Å²) >= 11 is 0. The molecular formula is C30H42N8O2. The highest BCUT2D eigenvalue weighted by Crippen LogP contribution is 2.20. The van der Waals surface area contributed by atoms with Crippen LogP contribution in [0.1, 0.15) is 60.2 Å². The van der Waals surface area contributed by atoms with Gasteiger partial charge in [0.2, 0.25) is 5.95 Å². The Morgan fingerprint density at radius 1 is 0.950 bits per heavy atom. The molecule has 3 heterocycles. The van der Waals surface area contributed by atoms with Crippen LogP contribution in [-0.4, -0.2) is 66.1 Å². The Hall–Kier alpha value is -3.63. The van der Waals surface area contributed by atoms with Gasteiger partial charge in [0, 0.05) is 51.4 Å².